The van der Waals surface area contributed by atoms with Gasteiger partial charge in [0, 0.05) is 37.1 Å². The van der Waals surface area contributed by atoms with Crippen LogP contribution in [0.5, 0.6) is 0 Å². The second kappa shape index (κ2) is 7.60. The molecule has 130 valence electrons. The summed E-state index contributed by atoms with van der Waals surface area (Å²) in [6.45, 7) is 13.2. The highest BCUT2D eigenvalue weighted by molar-refractivity contribution is 6.40. The number of nitrogens with one attached hydrogen (secondary N) is 1. The average molecular weight is 319 g/mol. The molecule has 2 saturated heterocycles. The van der Waals surface area contributed by atoms with Gasteiger partial charge >= 0.3 is 0 Å². The molecule has 1 amide bonds. The van der Waals surface area contributed by atoms with Crippen molar-refractivity contribution in [1.29, 1.82) is 0 Å². The van der Waals surface area contributed by atoms with Crippen molar-refractivity contribution in [2.24, 2.45) is 5.92 Å². The number of carbonyl (C=O) groups is 1. The molecule has 0 aromatic carbocycles. The van der Waals surface area contributed by atoms with E-state index < -0.39 is 0 Å². The van der Waals surface area contributed by atoms with Gasteiger partial charge in [-0.1, -0.05) is 19.1 Å². The predicted octanol–water partition coefficient (Wildman–Crippen LogP) is 0.0881. The first-order valence-electron chi connectivity index (χ1n) is 9.49. The molecule has 0 aromatic rings. The van der Waals surface area contributed by atoms with E-state index in [0.717, 1.165) is 25.9 Å². The van der Waals surface area contributed by atoms with Crippen LogP contribution in [0.15, 0.2) is 0 Å². The molecule has 2 rings (SSSR count). The van der Waals surface area contributed by atoms with Crippen LogP contribution in [-0.2, 0) is 4.79 Å². The van der Waals surface area contributed by atoms with Gasteiger partial charge in [0.15, 0.2) is 0 Å². The van der Waals surface area contributed by atoms with Crippen molar-refractivity contribution in [3.05, 3.63) is 0 Å². The maximum Gasteiger partial charge on any atom is 0.222 e. The quantitative estimate of drug-likeness (QED) is 0.746. The fourth-order valence-electron chi connectivity index (χ4n) is 4.23. The van der Waals surface area contributed by atoms with E-state index in [-0.39, 0.29) is 11.8 Å². The number of amides is 1. The van der Waals surface area contributed by atoms with Crippen molar-refractivity contribution in [2.45, 2.75) is 70.3 Å². The smallest absolute Gasteiger partial charge is 0.222 e. The molecular weight excluding hydrogens is 284 g/mol. The molecule has 2 aliphatic heterocycles. The van der Waals surface area contributed by atoms with Gasteiger partial charge in [0.2, 0.25) is 5.91 Å². The summed E-state index contributed by atoms with van der Waals surface area (Å²) in [7, 11) is 4.86. The van der Waals surface area contributed by atoms with Crippen LogP contribution in [0.4, 0.5) is 0 Å². The molecule has 0 spiro atoms. The van der Waals surface area contributed by atoms with Gasteiger partial charge < -0.3 is 15.1 Å². The van der Waals surface area contributed by atoms with Crippen LogP contribution in [-0.4, -0.2) is 75.7 Å². The molecule has 2 heterocycles. The Kier molecular flexibility index (Phi) is 6.23. The normalized spacial score (nSPS) is 27.5. The van der Waals surface area contributed by atoms with Crippen molar-refractivity contribution < 1.29 is 4.79 Å². The zero-order valence-electron chi connectivity index (χ0n) is 16.1. The standard InChI is InChI=1S/C17H35B2N3O/c1-12(2)16(23)20-14-5-8-21(9-6-14)15-7-10-22(13(3)4)11-17(15,18)19/h12-15H,5-11,18-19H2,1-4H3,(H,20,23). The zero-order valence-corrected chi connectivity index (χ0v) is 16.1. The van der Waals surface area contributed by atoms with E-state index in [0.29, 0.717) is 23.3 Å². The van der Waals surface area contributed by atoms with E-state index in [9.17, 15) is 4.79 Å². The van der Waals surface area contributed by atoms with Crippen molar-refractivity contribution >= 4 is 21.6 Å². The highest BCUT2D eigenvalue weighted by atomic mass is 16.1. The third kappa shape index (κ3) is 4.76. The summed E-state index contributed by atoms with van der Waals surface area (Å²) < 4.78 is 0. The second-order valence-electron chi connectivity index (χ2n) is 8.83. The Bertz CT molecular complexity index is 407. The average Bonchev–Trinajstić information content (AvgIpc) is 2.47. The molecule has 4 nitrogen and oxygen atoms in total. The third-order valence-corrected chi connectivity index (χ3v) is 5.77. The lowest BCUT2D eigenvalue weighted by Gasteiger charge is -2.52. The molecule has 1 unspecified atom stereocenters. The van der Waals surface area contributed by atoms with Gasteiger partial charge in [-0.2, -0.15) is 0 Å². The number of likely N-dealkylation sites (tertiary alicyclic amines) is 2. The maximum absolute atomic E-state index is 11.9. The lowest BCUT2D eigenvalue weighted by atomic mass is 9.48. The van der Waals surface area contributed by atoms with Crippen LogP contribution in [0.25, 0.3) is 0 Å². The van der Waals surface area contributed by atoms with Gasteiger partial charge in [0.25, 0.3) is 0 Å². The van der Waals surface area contributed by atoms with Crippen LogP contribution in [0, 0.1) is 5.92 Å². The van der Waals surface area contributed by atoms with E-state index in [1.54, 1.807) is 0 Å². The maximum atomic E-state index is 11.9. The summed E-state index contributed by atoms with van der Waals surface area (Å²) in [6.07, 6.45) is 3.46. The van der Waals surface area contributed by atoms with Crippen molar-refractivity contribution in [1.82, 2.24) is 15.1 Å². The van der Waals surface area contributed by atoms with Crippen LogP contribution >= 0.6 is 0 Å². The summed E-state index contributed by atoms with van der Waals surface area (Å²) in [4.78, 5) is 17.2. The Hall–Kier alpha value is -0.480. The van der Waals surface area contributed by atoms with Gasteiger partial charge in [0.05, 0.1) is 0 Å². The van der Waals surface area contributed by atoms with Crippen LogP contribution < -0.4 is 5.32 Å². The first kappa shape index (κ1) is 18.9. The van der Waals surface area contributed by atoms with E-state index in [1.165, 1.54) is 19.5 Å². The van der Waals surface area contributed by atoms with E-state index >= 15 is 0 Å². The number of piperidine rings is 2. The Labute approximate surface area is 144 Å². The topological polar surface area (TPSA) is 35.6 Å². The highest BCUT2D eigenvalue weighted by Crippen LogP contribution is 2.36. The van der Waals surface area contributed by atoms with Gasteiger partial charge in [-0.15, -0.1) is 0 Å². The minimum absolute atomic E-state index is 0.0901. The van der Waals surface area contributed by atoms with Gasteiger partial charge in [0.1, 0.15) is 15.7 Å². The lowest BCUT2D eigenvalue weighted by Crippen LogP contribution is -2.58. The first-order chi connectivity index (χ1) is 10.7. The second-order valence-corrected chi connectivity index (χ2v) is 8.83. The van der Waals surface area contributed by atoms with Crippen LogP contribution in [0.1, 0.15) is 47.0 Å². The van der Waals surface area contributed by atoms with Crippen molar-refractivity contribution in [2.75, 3.05) is 26.2 Å². The van der Waals surface area contributed by atoms with Crippen molar-refractivity contribution in [3.8, 4) is 0 Å². The molecule has 0 aliphatic carbocycles. The Morgan fingerprint density at radius 2 is 1.70 bits per heavy atom. The molecule has 1 atom stereocenters. The monoisotopic (exact) mass is 319 g/mol. The predicted molar refractivity (Wildman–Crippen MR) is 102 cm³/mol. The van der Waals surface area contributed by atoms with Crippen molar-refractivity contribution in [3.63, 3.8) is 0 Å². The Morgan fingerprint density at radius 1 is 1.09 bits per heavy atom. The van der Waals surface area contributed by atoms with E-state index in [1.807, 2.05) is 13.8 Å². The van der Waals surface area contributed by atoms with Gasteiger partial charge in [-0.25, -0.2) is 0 Å². The lowest BCUT2D eigenvalue weighted by molar-refractivity contribution is -0.125. The zero-order chi connectivity index (χ0) is 17.2. The molecule has 2 fully saturated rings. The fourth-order valence-corrected chi connectivity index (χ4v) is 4.23. The Balaban J connectivity index is 1.86. The summed E-state index contributed by atoms with van der Waals surface area (Å²) in [5, 5.41) is 3.55. The number of carbonyl (C=O) groups excluding carboxylic acids is 1. The summed E-state index contributed by atoms with van der Waals surface area (Å²) in [6, 6.07) is 1.70. The summed E-state index contributed by atoms with van der Waals surface area (Å²) in [5.74, 6) is 0.293. The van der Waals surface area contributed by atoms with Gasteiger partial charge in [-0.05, 0) is 46.2 Å². The molecule has 0 saturated carbocycles. The highest BCUT2D eigenvalue weighted by Gasteiger charge is 2.40. The molecule has 23 heavy (non-hydrogen) atoms. The molecular formula is C17H35B2N3O. The minimum atomic E-state index is 0.0901. The minimum Gasteiger partial charge on any atom is -0.353 e. The van der Waals surface area contributed by atoms with E-state index in [4.69, 9.17) is 0 Å². The first-order valence-corrected chi connectivity index (χ1v) is 9.49. The summed E-state index contributed by atoms with van der Waals surface area (Å²) in [5.41, 5.74) is 0. The fraction of sp³-hybridized carbons (Fsp3) is 0.941. The Morgan fingerprint density at radius 3 is 2.17 bits per heavy atom. The molecule has 2 aliphatic rings. The molecule has 6 heteroatoms. The molecule has 1 N–H and O–H groups in total. The molecule has 0 bridgehead atoms. The summed E-state index contributed by atoms with van der Waals surface area (Å²) >= 11 is 0. The van der Waals surface area contributed by atoms with Crippen LogP contribution in [0.3, 0.4) is 0 Å². The number of rotatable bonds is 4. The SMILES string of the molecule is BC1(B)CN(C(C)C)CCC1N1CCC(NC(=O)C(C)C)CC1. The van der Waals surface area contributed by atoms with Gasteiger partial charge in [-0.3, -0.25) is 4.79 Å². The third-order valence-electron chi connectivity index (χ3n) is 5.77. The van der Waals surface area contributed by atoms with E-state index in [2.05, 4.69) is 44.7 Å². The number of hydrogen-bond acceptors (Lipinski definition) is 3. The van der Waals surface area contributed by atoms with Crippen LogP contribution in [0.2, 0.25) is 5.21 Å². The molecule has 0 radical (unpaired) electrons. The molecule has 0 aromatic heterocycles. The number of hydrogen-bond donors (Lipinski definition) is 1. The largest absolute Gasteiger partial charge is 0.353 e. The number of nitrogens with zero attached hydrogens (tertiary/aromatic N) is 2.